The van der Waals surface area contributed by atoms with Gasteiger partial charge in [-0.2, -0.15) is 5.10 Å². The molecule has 0 aliphatic heterocycles. The third kappa shape index (κ3) is 5.00. The Morgan fingerprint density at radius 1 is 1.50 bits per heavy atom. The van der Waals surface area contributed by atoms with Crippen molar-refractivity contribution < 1.29 is 4.79 Å². The highest BCUT2D eigenvalue weighted by Crippen LogP contribution is 2.21. The Balaban J connectivity index is 2.50. The molecule has 0 aliphatic rings. The fourth-order valence-electron chi connectivity index (χ4n) is 1.51. The van der Waals surface area contributed by atoms with Crippen LogP contribution in [0.5, 0.6) is 0 Å². The predicted octanol–water partition coefficient (Wildman–Crippen LogP) is 1.70. The molecule has 0 spiro atoms. The number of aromatic amines is 1. The van der Waals surface area contributed by atoms with E-state index in [2.05, 4.69) is 45.3 Å². The fourth-order valence-corrected chi connectivity index (χ4v) is 1.80. The van der Waals surface area contributed by atoms with Gasteiger partial charge in [-0.25, -0.2) is 5.10 Å². The predicted molar refractivity (Wildman–Crippen MR) is 74.0 cm³/mol. The van der Waals surface area contributed by atoms with Crippen molar-refractivity contribution in [2.45, 2.75) is 26.7 Å². The van der Waals surface area contributed by atoms with Gasteiger partial charge in [-0.15, -0.1) is 0 Å². The van der Waals surface area contributed by atoms with E-state index in [1.165, 1.54) is 12.1 Å². The number of nitrogens with zero attached hydrogens (tertiary/aromatic N) is 1. The maximum absolute atomic E-state index is 11.8. The van der Waals surface area contributed by atoms with Gasteiger partial charge >= 0.3 is 0 Å². The molecule has 1 amide bonds. The number of rotatable bonds is 6. The summed E-state index contributed by atoms with van der Waals surface area (Å²) in [5.74, 6) is -0.266. The summed E-state index contributed by atoms with van der Waals surface area (Å²) < 4.78 is 0. The summed E-state index contributed by atoms with van der Waals surface area (Å²) in [7, 11) is 0. The maximum atomic E-state index is 11.8. The van der Waals surface area contributed by atoms with Crippen molar-refractivity contribution in [1.29, 1.82) is 0 Å². The van der Waals surface area contributed by atoms with Crippen LogP contribution in [0.15, 0.2) is 16.9 Å². The summed E-state index contributed by atoms with van der Waals surface area (Å²) in [6.07, 6.45) is 2.09. The van der Waals surface area contributed by atoms with Crippen molar-refractivity contribution in [2.24, 2.45) is 5.41 Å². The minimum Gasteiger partial charge on any atom is -0.350 e. The molecule has 1 heterocycles. The molecule has 1 aromatic rings. The second-order valence-electron chi connectivity index (χ2n) is 4.95. The average Bonchev–Trinajstić information content (AvgIpc) is 2.35. The summed E-state index contributed by atoms with van der Waals surface area (Å²) >= 11 is 3.39. The van der Waals surface area contributed by atoms with Crippen molar-refractivity contribution in [3.8, 4) is 0 Å². The van der Waals surface area contributed by atoms with E-state index in [1.807, 2.05) is 0 Å². The molecule has 0 fully saturated rings. The molecular weight excluding hydrogens is 298 g/mol. The summed E-state index contributed by atoms with van der Waals surface area (Å²) in [6, 6.07) is 2.71. The van der Waals surface area contributed by atoms with Crippen LogP contribution in [0, 0.1) is 5.41 Å². The summed E-state index contributed by atoms with van der Waals surface area (Å²) in [5, 5.41) is 9.72. The van der Waals surface area contributed by atoms with Crippen LogP contribution >= 0.6 is 15.9 Å². The molecule has 100 valence electrons. The van der Waals surface area contributed by atoms with Crippen LogP contribution < -0.4 is 10.9 Å². The van der Waals surface area contributed by atoms with Crippen molar-refractivity contribution in [1.82, 2.24) is 15.5 Å². The van der Waals surface area contributed by atoms with Crippen molar-refractivity contribution >= 4 is 21.8 Å². The molecule has 0 saturated carbocycles. The van der Waals surface area contributed by atoms with Crippen LogP contribution in [-0.2, 0) is 0 Å². The minimum atomic E-state index is -0.316. The summed E-state index contributed by atoms with van der Waals surface area (Å²) in [5.41, 5.74) is -0.0406. The molecule has 2 N–H and O–H groups in total. The molecule has 0 aliphatic carbocycles. The highest BCUT2D eigenvalue weighted by Gasteiger charge is 2.19. The van der Waals surface area contributed by atoms with Gasteiger partial charge in [0.2, 0.25) is 0 Å². The topological polar surface area (TPSA) is 74.8 Å². The monoisotopic (exact) mass is 315 g/mol. The maximum Gasteiger partial charge on any atom is 0.271 e. The third-order valence-corrected chi connectivity index (χ3v) is 3.19. The molecule has 6 heteroatoms. The Kier molecular flexibility index (Phi) is 5.53. The number of H-pyrrole nitrogens is 1. The van der Waals surface area contributed by atoms with E-state index < -0.39 is 0 Å². The van der Waals surface area contributed by atoms with Gasteiger partial charge in [0.1, 0.15) is 5.69 Å². The first kappa shape index (κ1) is 14.9. The quantitative estimate of drug-likeness (QED) is 0.785. The highest BCUT2D eigenvalue weighted by atomic mass is 79.9. The van der Waals surface area contributed by atoms with Gasteiger partial charge in [-0.3, -0.25) is 9.59 Å². The van der Waals surface area contributed by atoms with Crippen molar-refractivity contribution in [3.63, 3.8) is 0 Å². The number of hydrogen-bond donors (Lipinski definition) is 2. The lowest BCUT2D eigenvalue weighted by Crippen LogP contribution is -2.34. The van der Waals surface area contributed by atoms with Gasteiger partial charge in [-0.05, 0) is 24.3 Å². The smallest absolute Gasteiger partial charge is 0.271 e. The van der Waals surface area contributed by atoms with Gasteiger partial charge in [0.25, 0.3) is 11.5 Å². The molecule has 0 bridgehead atoms. The van der Waals surface area contributed by atoms with E-state index in [4.69, 9.17) is 0 Å². The average molecular weight is 316 g/mol. The Bertz CT molecular complexity index is 436. The number of nitrogens with one attached hydrogen (secondary N) is 2. The zero-order valence-electron chi connectivity index (χ0n) is 10.6. The SMILES string of the molecule is CC(C)(CCCBr)CNC(=O)c1ccc(=O)[nH]n1. The van der Waals surface area contributed by atoms with Crippen LogP contribution in [0.25, 0.3) is 0 Å². The van der Waals surface area contributed by atoms with Gasteiger partial charge in [-0.1, -0.05) is 29.8 Å². The molecule has 1 aromatic heterocycles. The Hall–Kier alpha value is -1.17. The van der Waals surface area contributed by atoms with Gasteiger partial charge < -0.3 is 5.32 Å². The third-order valence-electron chi connectivity index (χ3n) is 2.63. The standard InChI is InChI=1S/C12H18BrN3O2/c1-12(2,6-3-7-13)8-14-11(18)9-4-5-10(17)16-15-9/h4-5H,3,6-8H2,1-2H3,(H,14,18)(H,16,17). The second-order valence-corrected chi connectivity index (χ2v) is 5.74. The lowest BCUT2D eigenvalue weighted by molar-refractivity contribution is 0.0928. The molecule has 0 unspecified atom stereocenters. The number of hydrogen-bond acceptors (Lipinski definition) is 3. The zero-order valence-corrected chi connectivity index (χ0v) is 12.2. The van der Waals surface area contributed by atoms with E-state index in [0.29, 0.717) is 6.54 Å². The summed E-state index contributed by atoms with van der Waals surface area (Å²) in [4.78, 5) is 22.6. The number of amides is 1. The Morgan fingerprint density at radius 3 is 2.78 bits per heavy atom. The van der Waals surface area contributed by atoms with E-state index >= 15 is 0 Å². The van der Waals surface area contributed by atoms with Crippen LogP contribution in [0.4, 0.5) is 0 Å². The first-order valence-electron chi connectivity index (χ1n) is 5.84. The van der Waals surface area contributed by atoms with Crippen LogP contribution in [0.2, 0.25) is 0 Å². The van der Waals surface area contributed by atoms with E-state index in [0.717, 1.165) is 18.2 Å². The van der Waals surface area contributed by atoms with Crippen LogP contribution in [0.1, 0.15) is 37.2 Å². The van der Waals surface area contributed by atoms with Crippen molar-refractivity contribution in [2.75, 3.05) is 11.9 Å². The van der Waals surface area contributed by atoms with E-state index in [-0.39, 0.29) is 22.6 Å². The normalized spacial score (nSPS) is 11.3. The Morgan fingerprint density at radius 2 is 2.22 bits per heavy atom. The molecule has 18 heavy (non-hydrogen) atoms. The lowest BCUT2D eigenvalue weighted by Gasteiger charge is -2.24. The number of carbonyl (C=O) groups excluding carboxylic acids is 1. The fraction of sp³-hybridized carbons (Fsp3) is 0.583. The highest BCUT2D eigenvalue weighted by molar-refractivity contribution is 9.09. The van der Waals surface area contributed by atoms with E-state index in [1.54, 1.807) is 0 Å². The number of aromatic nitrogens is 2. The molecular formula is C12H18BrN3O2. The largest absolute Gasteiger partial charge is 0.350 e. The number of alkyl halides is 1. The first-order valence-corrected chi connectivity index (χ1v) is 6.97. The van der Waals surface area contributed by atoms with Gasteiger partial charge in [0.05, 0.1) is 0 Å². The minimum absolute atomic E-state index is 0.0472. The van der Waals surface area contributed by atoms with Gasteiger partial charge in [0, 0.05) is 17.9 Å². The number of halogens is 1. The molecule has 0 radical (unpaired) electrons. The first-order chi connectivity index (χ1) is 8.44. The molecule has 5 nitrogen and oxygen atoms in total. The molecule has 1 rings (SSSR count). The van der Waals surface area contributed by atoms with Gasteiger partial charge in [0.15, 0.2) is 0 Å². The van der Waals surface area contributed by atoms with Crippen LogP contribution in [-0.4, -0.2) is 28.0 Å². The van der Waals surface area contributed by atoms with Crippen LogP contribution in [0.3, 0.4) is 0 Å². The second kappa shape index (κ2) is 6.68. The lowest BCUT2D eigenvalue weighted by atomic mass is 9.88. The zero-order chi connectivity index (χ0) is 13.6. The molecule has 0 atom stereocenters. The Labute approximate surface area is 114 Å². The van der Waals surface area contributed by atoms with E-state index in [9.17, 15) is 9.59 Å². The number of carbonyl (C=O) groups is 1. The summed E-state index contributed by atoms with van der Waals surface area (Å²) in [6.45, 7) is 4.80. The van der Waals surface area contributed by atoms with Crippen molar-refractivity contribution in [3.05, 3.63) is 28.2 Å². The molecule has 0 aromatic carbocycles. The molecule has 0 saturated heterocycles.